The van der Waals surface area contributed by atoms with Gasteiger partial charge in [-0.3, -0.25) is 14.7 Å². The van der Waals surface area contributed by atoms with Gasteiger partial charge < -0.3 is 5.73 Å². The maximum absolute atomic E-state index is 13.3. The van der Waals surface area contributed by atoms with E-state index in [1.54, 1.807) is 29.4 Å². The molecular weight excluding hydrogens is 417 g/mol. The standard InChI is InChI=1S/C24H21F3N4O/c1-23(2)10-18-21(19(32)11-23)20(14-5-7-15(8-6-14)24(25,26)27)17(12-28)22(29)31(18)16-4-3-9-30-13-16/h3-9,13,20H,10-11,29H2,1-2H3. The largest absolute Gasteiger partial charge is 0.416 e. The number of carbonyl (C=O) groups excluding carboxylic acids is 1. The van der Waals surface area contributed by atoms with Gasteiger partial charge in [0.15, 0.2) is 5.78 Å². The molecule has 2 heterocycles. The lowest BCUT2D eigenvalue weighted by atomic mass is 9.68. The molecule has 1 aliphatic heterocycles. The molecule has 1 aromatic carbocycles. The number of nitriles is 1. The predicted molar refractivity (Wildman–Crippen MR) is 113 cm³/mol. The average Bonchev–Trinajstić information content (AvgIpc) is 2.72. The number of hydrogen-bond donors (Lipinski definition) is 1. The summed E-state index contributed by atoms with van der Waals surface area (Å²) in [5.41, 5.74) is 7.54. The minimum atomic E-state index is -4.48. The number of anilines is 1. The first-order chi connectivity index (χ1) is 15.0. The molecule has 32 heavy (non-hydrogen) atoms. The number of allylic oxidation sites excluding steroid dienone is 3. The van der Waals surface area contributed by atoms with E-state index in [4.69, 9.17) is 5.73 Å². The molecule has 0 amide bonds. The van der Waals surface area contributed by atoms with Crippen molar-refractivity contribution in [3.8, 4) is 6.07 Å². The minimum absolute atomic E-state index is 0.125. The number of alkyl halides is 3. The molecule has 0 saturated heterocycles. The Kier molecular flexibility index (Phi) is 5.08. The molecule has 2 aliphatic rings. The van der Waals surface area contributed by atoms with Crippen LogP contribution in [0.4, 0.5) is 18.9 Å². The molecule has 164 valence electrons. The van der Waals surface area contributed by atoms with Crippen LogP contribution >= 0.6 is 0 Å². The second-order valence-electron chi connectivity index (χ2n) is 8.81. The number of Topliss-reactive ketones (excluding diaryl/α,β-unsaturated/α-hetero) is 1. The Balaban J connectivity index is 1.94. The molecule has 1 aromatic heterocycles. The fourth-order valence-electron chi connectivity index (χ4n) is 4.49. The third-order valence-corrected chi connectivity index (χ3v) is 5.86. The first-order valence-electron chi connectivity index (χ1n) is 10.1. The molecule has 1 unspecified atom stereocenters. The van der Waals surface area contributed by atoms with Crippen LogP contribution in [0.2, 0.25) is 0 Å². The van der Waals surface area contributed by atoms with Gasteiger partial charge in [0.1, 0.15) is 5.82 Å². The first-order valence-corrected chi connectivity index (χ1v) is 10.1. The number of nitrogens with zero attached hydrogens (tertiary/aromatic N) is 3. The molecular formula is C24H21F3N4O. The first kappa shape index (κ1) is 21.6. The third kappa shape index (κ3) is 3.64. The van der Waals surface area contributed by atoms with Crippen LogP contribution in [-0.4, -0.2) is 10.8 Å². The summed E-state index contributed by atoms with van der Waals surface area (Å²) in [4.78, 5) is 19.2. The van der Waals surface area contributed by atoms with E-state index in [1.807, 2.05) is 13.8 Å². The fraction of sp³-hybridized carbons (Fsp3) is 0.292. The van der Waals surface area contributed by atoms with Crippen LogP contribution in [0.5, 0.6) is 0 Å². The summed E-state index contributed by atoms with van der Waals surface area (Å²) < 4.78 is 39.2. The van der Waals surface area contributed by atoms with Crippen LogP contribution in [0, 0.1) is 16.7 Å². The molecule has 2 aromatic rings. The van der Waals surface area contributed by atoms with Crippen LogP contribution in [-0.2, 0) is 11.0 Å². The summed E-state index contributed by atoms with van der Waals surface area (Å²) in [5, 5.41) is 9.98. The maximum Gasteiger partial charge on any atom is 0.416 e. The van der Waals surface area contributed by atoms with Gasteiger partial charge in [-0.05, 0) is 41.7 Å². The Bertz CT molecular complexity index is 1170. The average molecular weight is 438 g/mol. The Morgan fingerprint density at radius 2 is 1.88 bits per heavy atom. The highest BCUT2D eigenvalue weighted by molar-refractivity contribution is 6.01. The Hall–Kier alpha value is -3.60. The number of ketones is 1. The van der Waals surface area contributed by atoms with Crippen molar-refractivity contribution in [1.82, 2.24) is 4.98 Å². The van der Waals surface area contributed by atoms with Gasteiger partial charge >= 0.3 is 6.18 Å². The number of nitrogens with two attached hydrogens (primary N) is 1. The van der Waals surface area contributed by atoms with Gasteiger partial charge in [-0.1, -0.05) is 26.0 Å². The predicted octanol–water partition coefficient (Wildman–Crippen LogP) is 5.04. The van der Waals surface area contributed by atoms with Crippen LogP contribution in [0.15, 0.2) is 71.5 Å². The van der Waals surface area contributed by atoms with Gasteiger partial charge in [-0.25, -0.2) is 0 Å². The van der Waals surface area contributed by atoms with Crippen LogP contribution in [0.1, 0.15) is 43.7 Å². The van der Waals surface area contributed by atoms with E-state index in [-0.39, 0.29) is 29.0 Å². The van der Waals surface area contributed by atoms with E-state index < -0.39 is 17.7 Å². The van der Waals surface area contributed by atoms with E-state index in [0.717, 1.165) is 12.1 Å². The van der Waals surface area contributed by atoms with Crippen molar-refractivity contribution in [2.45, 2.75) is 38.8 Å². The fourth-order valence-corrected chi connectivity index (χ4v) is 4.49. The molecule has 1 atom stereocenters. The smallest absolute Gasteiger partial charge is 0.384 e. The minimum Gasteiger partial charge on any atom is -0.384 e. The number of rotatable bonds is 2. The molecule has 2 N–H and O–H groups in total. The normalized spacial score (nSPS) is 20.8. The zero-order chi connectivity index (χ0) is 23.3. The topological polar surface area (TPSA) is 83.0 Å². The van der Waals surface area contributed by atoms with Crippen LogP contribution in [0.25, 0.3) is 0 Å². The SMILES string of the molecule is CC1(C)CC(=O)C2=C(C1)N(c1cccnc1)C(N)=C(C#N)C2c1ccc(C(F)(F)F)cc1. The van der Waals surface area contributed by atoms with Gasteiger partial charge in [-0.15, -0.1) is 0 Å². The van der Waals surface area contributed by atoms with E-state index in [2.05, 4.69) is 11.1 Å². The molecule has 0 bridgehead atoms. The summed E-state index contributed by atoms with van der Waals surface area (Å²) in [6.07, 6.45) is -0.502. The second-order valence-corrected chi connectivity index (χ2v) is 8.81. The Labute approximate surface area is 183 Å². The summed E-state index contributed by atoms with van der Waals surface area (Å²) in [5.74, 6) is -0.821. The molecule has 8 heteroatoms. The van der Waals surface area contributed by atoms with E-state index in [0.29, 0.717) is 28.9 Å². The monoisotopic (exact) mass is 438 g/mol. The lowest BCUT2D eigenvalue weighted by Crippen LogP contribution is -2.42. The highest BCUT2D eigenvalue weighted by Gasteiger charge is 2.45. The van der Waals surface area contributed by atoms with E-state index in [1.165, 1.54) is 12.1 Å². The lowest BCUT2D eigenvalue weighted by Gasteiger charge is -2.43. The molecule has 1 aliphatic carbocycles. The van der Waals surface area contributed by atoms with Crippen molar-refractivity contribution < 1.29 is 18.0 Å². The molecule has 0 saturated carbocycles. The van der Waals surface area contributed by atoms with E-state index in [9.17, 15) is 23.2 Å². The van der Waals surface area contributed by atoms with E-state index >= 15 is 0 Å². The van der Waals surface area contributed by atoms with Crippen molar-refractivity contribution in [1.29, 1.82) is 5.26 Å². The highest BCUT2D eigenvalue weighted by Crippen LogP contribution is 2.50. The number of carbonyl (C=O) groups is 1. The summed E-state index contributed by atoms with van der Waals surface area (Å²) >= 11 is 0. The Morgan fingerprint density at radius 3 is 2.44 bits per heavy atom. The van der Waals surface area contributed by atoms with Crippen molar-refractivity contribution in [2.75, 3.05) is 4.90 Å². The number of halogens is 3. The van der Waals surface area contributed by atoms with Crippen molar-refractivity contribution in [2.24, 2.45) is 11.1 Å². The van der Waals surface area contributed by atoms with Crippen molar-refractivity contribution in [3.05, 3.63) is 82.6 Å². The number of pyridine rings is 1. The van der Waals surface area contributed by atoms with Gasteiger partial charge in [0.05, 0.1) is 35.0 Å². The van der Waals surface area contributed by atoms with Gasteiger partial charge in [-0.2, -0.15) is 18.4 Å². The maximum atomic E-state index is 13.3. The number of benzene rings is 1. The van der Waals surface area contributed by atoms with Gasteiger partial charge in [0.25, 0.3) is 0 Å². The highest BCUT2D eigenvalue weighted by atomic mass is 19.4. The summed E-state index contributed by atoms with van der Waals surface area (Å²) in [7, 11) is 0. The molecule has 5 nitrogen and oxygen atoms in total. The number of hydrogen-bond acceptors (Lipinski definition) is 5. The zero-order valence-corrected chi connectivity index (χ0v) is 17.6. The quantitative estimate of drug-likeness (QED) is 0.710. The van der Waals surface area contributed by atoms with Crippen LogP contribution in [0.3, 0.4) is 0 Å². The summed E-state index contributed by atoms with van der Waals surface area (Å²) in [6, 6.07) is 10.2. The molecule has 0 spiro atoms. The summed E-state index contributed by atoms with van der Waals surface area (Å²) in [6.45, 7) is 3.95. The third-order valence-electron chi connectivity index (χ3n) is 5.86. The molecule has 0 radical (unpaired) electrons. The Morgan fingerprint density at radius 1 is 1.19 bits per heavy atom. The van der Waals surface area contributed by atoms with Crippen molar-refractivity contribution >= 4 is 11.5 Å². The van der Waals surface area contributed by atoms with Gasteiger partial charge in [0, 0.05) is 23.9 Å². The number of aromatic nitrogens is 1. The molecule has 4 rings (SSSR count). The zero-order valence-electron chi connectivity index (χ0n) is 17.6. The van der Waals surface area contributed by atoms with Gasteiger partial charge in [0.2, 0.25) is 0 Å². The second kappa shape index (κ2) is 7.52. The van der Waals surface area contributed by atoms with Crippen molar-refractivity contribution in [3.63, 3.8) is 0 Å². The lowest BCUT2D eigenvalue weighted by molar-refractivity contribution is -0.137. The van der Waals surface area contributed by atoms with Crippen LogP contribution < -0.4 is 10.6 Å². The molecule has 0 fully saturated rings.